The second-order valence-electron chi connectivity index (χ2n) is 4.17. The van der Waals surface area contributed by atoms with Crippen LogP contribution in [0.15, 0.2) is 45.8 Å². The normalized spacial score (nSPS) is 11.6. The highest BCUT2D eigenvalue weighted by molar-refractivity contribution is 9.10. The van der Waals surface area contributed by atoms with Crippen molar-refractivity contribution in [3.05, 3.63) is 58.1 Å². The smallest absolute Gasteiger partial charge is 0.241 e. The molecule has 2 rings (SSSR count). The third kappa shape index (κ3) is 3.62. The van der Waals surface area contributed by atoms with Crippen LogP contribution in [0.25, 0.3) is 0 Å². The number of pyridine rings is 1. The number of aryl methyl sites for hydroxylation is 1. The van der Waals surface area contributed by atoms with E-state index in [9.17, 15) is 12.8 Å². The fourth-order valence-corrected chi connectivity index (χ4v) is 2.85. The van der Waals surface area contributed by atoms with Crippen molar-refractivity contribution in [2.45, 2.75) is 18.4 Å². The Balaban J connectivity index is 2.17. The summed E-state index contributed by atoms with van der Waals surface area (Å²) in [5.74, 6) is -0.624. The van der Waals surface area contributed by atoms with E-state index in [0.29, 0.717) is 5.69 Å². The number of nitrogens with one attached hydrogen (secondary N) is 1. The SMILES string of the molecule is Cc1cccc(CNS(=O)(=O)c2ccc(Br)c(F)c2)n1. The summed E-state index contributed by atoms with van der Waals surface area (Å²) in [4.78, 5) is 4.07. The van der Waals surface area contributed by atoms with Crippen LogP contribution < -0.4 is 4.72 Å². The fraction of sp³-hybridized carbons (Fsp3) is 0.154. The van der Waals surface area contributed by atoms with Crippen molar-refractivity contribution in [3.63, 3.8) is 0 Å². The molecule has 0 atom stereocenters. The van der Waals surface area contributed by atoms with Crippen LogP contribution in [0.1, 0.15) is 11.4 Å². The van der Waals surface area contributed by atoms with Gasteiger partial charge in [-0.25, -0.2) is 17.5 Å². The number of hydrogen-bond acceptors (Lipinski definition) is 3. The van der Waals surface area contributed by atoms with Crippen molar-refractivity contribution in [3.8, 4) is 0 Å². The average molecular weight is 359 g/mol. The highest BCUT2D eigenvalue weighted by Gasteiger charge is 2.15. The van der Waals surface area contributed by atoms with Crippen LogP contribution in [0.4, 0.5) is 4.39 Å². The minimum Gasteiger partial charge on any atom is -0.257 e. The maximum absolute atomic E-state index is 13.4. The van der Waals surface area contributed by atoms with E-state index in [1.807, 2.05) is 13.0 Å². The molecule has 106 valence electrons. The average Bonchev–Trinajstić information content (AvgIpc) is 2.40. The summed E-state index contributed by atoms with van der Waals surface area (Å²) in [6, 6.07) is 9.00. The molecule has 0 radical (unpaired) electrons. The highest BCUT2D eigenvalue weighted by Crippen LogP contribution is 2.19. The first-order valence-corrected chi connectivity index (χ1v) is 8.03. The zero-order valence-electron chi connectivity index (χ0n) is 10.6. The van der Waals surface area contributed by atoms with Crippen LogP contribution in [0.2, 0.25) is 0 Å². The highest BCUT2D eigenvalue weighted by atomic mass is 79.9. The van der Waals surface area contributed by atoms with E-state index in [2.05, 4.69) is 25.6 Å². The van der Waals surface area contributed by atoms with E-state index in [4.69, 9.17) is 0 Å². The quantitative estimate of drug-likeness (QED) is 0.913. The van der Waals surface area contributed by atoms with E-state index < -0.39 is 15.8 Å². The summed E-state index contributed by atoms with van der Waals surface area (Å²) in [6.45, 7) is 1.88. The van der Waals surface area contributed by atoms with E-state index >= 15 is 0 Å². The molecule has 1 heterocycles. The molecule has 0 saturated heterocycles. The fourth-order valence-electron chi connectivity index (χ4n) is 1.59. The number of aromatic nitrogens is 1. The predicted octanol–water partition coefficient (Wildman–Crippen LogP) is 2.77. The molecule has 0 aliphatic rings. The lowest BCUT2D eigenvalue weighted by atomic mass is 10.3. The Morgan fingerprint density at radius 2 is 2.05 bits per heavy atom. The Morgan fingerprint density at radius 3 is 2.70 bits per heavy atom. The number of halogens is 2. The molecule has 1 N–H and O–H groups in total. The molecule has 2 aromatic rings. The topological polar surface area (TPSA) is 59.1 Å². The van der Waals surface area contributed by atoms with Crippen LogP contribution in [-0.4, -0.2) is 13.4 Å². The lowest BCUT2D eigenvalue weighted by Gasteiger charge is -2.07. The first kappa shape index (κ1) is 15.1. The molecule has 20 heavy (non-hydrogen) atoms. The molecule has 0 spiro atoms. The van der Waals surface area contributed by atoms with Gasteiger partial charge >= 0.3 is 0 Å². The van der Waals surface area contributed by atoms with Crippen LogP contribution >= 0.6 is 15.9 Å². The molecule has 1 aromatic heterocycles. The summed E-state index contributed by atoms with van der Waals surface area (Å²) < 4.78 is 40.1. The standard InChI is InChI=1S/C13H12BrFN2O2S/c1-9-3-2-4-10(17-9)8-16-20(18,19)11-5-6-12(14)13(15)7-11/h2-7,16H,8H2,1H3. The van der Waals surface area contributed by atoms with Crippen molar-refractivity contribution in [1.82, 2.24) is 9.71 Å². The second kappa shape index (κ2) is 5.99. The van der Waals surface area contributed by atoms with Gasteiger partial charge in [-0.05, 0) is 53.2 Å². The third-order valence-corrected chi connectivity index (χ3v) is 4.63. The van der Waals surface area contributed by atoms with Gasteiger partial charge in [0.2, 0.25) is 10.0 Å². The van der Waals surface area contributed by atoms with Gasteiger partial charge in [-0.15, -0.1) is 0 Å². The van der Waals surface area contributed by atoms with Crippen LogP contribution in [0.5, 0.6) is 0 Å². The molecular formula is C13H12BrFN2O2S. The van der Waals surface area contributed by atoms with Gasteiger partial charge in [0.15, 0.2) is 0 Å². The van der Waals surface area contributed by atoms with Crippen LogP contribution in [0, 0.1) is 12.7 Å². The second-order valence-corrected chi connectivity index (χ2v) is 6.79. The van der Waals surface area contributed by atoms with Gasteiger partial charge in [0.1, 0.15) is 5.82 Å². The number of nitrogens with zero attached hydrogens (tertiary/aromatic N) is 1. The molecular weight excluding hydrogens is 347 g/mol. The molecule has 1 aromatic carbocycles. The molecule has 0 aliphatic heterocycles. The molecule has 0 bridgehead atoms. The molecule has 0 saturated carbocycles. The summed E-state index contributed by atoms with van der Waals surface area (Å²) in [7, 11) is -3.76. The third-order valence-electron chi connectivity index (χ3n) is 2.59. The van der Waals surface area contributed by atoms with Gasteiger partial charge in [-0.1, -0.05) is 6.07 Å². The molecule has 0 fully saturated rings. The summed E-state index contributed by atoms with van der Waals surface area (Å²) in [6.07, 6.45) is 0. The zero-order chi connectivity index (χ0) is 14.8. The first-order valence-electron chi connectivity index (χ1n) is 5.76. The number of sulfonamides is 1. The molecule has 7 heteroatoms. The largest absolute Gasteiger partial charge is 0.257 e. The van der Waals surface area contributed by atoms with Gasteiger partial charge < -0.3 is 0 Å². The van der Waals surface area contributed by atoms with E-state index in [1.54, 1.807) is 12.1 Å². The predicted molar refractivity (Wildman–Crippen MR) is 77.1 cm³/mol. The maximum atomic E-state index is 13.4. The van der Waals surface area contributed by atoms with Crippen molar-refractivity contribution < 1.29 is 12.8 Å². The number of benzene rings is 1. The minimum atomic E-state index is -3.76. The minimum absolute atomic E-state index is 0.0572. The van der Waals surface area contributed by atoms with Gasteiger partial charge in [0.25, 0.3) is 0 Å². The van der Waals surface area contributed by atoms with Crippen molar-refractivity contribution in [2.24, 2.45) is 0 Å². The Bertz CT molecular complexity index is 735. The Labute approximate surface area is 125 Å². The maximum Gasteiger partial charge on any atom is 0.241 e. The summed E-state index contributed by atoms with van der Waals surface area (Å²) >= 11 is 2.98. The molecule has 0 unspecified atom stereocenters. The first-order chi connectivity index (χ1) is 9.38. The molecule has 0 aliphatic carbocycles. The van der Waals surface area contributed by atoms with Crippen molar-refractivity contribution in [2.75, 3.05) is 0 Å². The lowest BCUT2D eigenvalue weighted by molar-refractivity contribution is 0.575. The van der Waals surface area contributed by atoms with Gasteiger partial charge in [0, 0.05) is 5.69 Å². The summed E-state index contributed by atoms with van der Waals surface area (Å²) in [5, 5.41) is 0. The summed E-state index contributed by atoms with van der Waals surface area (Å²) in [5.41, 5.74) is 1.41. The Morgan fingerprint density at radius 1 is 1.30 bits per heavy atom. The van der Waals surface area contributed by atoms with E-state index in [0.717, 1.165) is 11.8 Å². The zero-order valence-corrected chi connectivity index (χ0v) is 13.0. The van der Waals surface area contributed by atoms with Gasteiger partial charge in [0.05, 0.1) is 21.6 Å². The Kier molecular flexibility index (Phi) is 4.52. The van der Waals surface area contributed by atoms with Crippen molar-refractivity contribution >= 4 is 26.0 Å². The van der Waals surface area contributed by atoms with E-state index in [-0.39, 0.29) is 15.9 Å². The van der Waals surface area contributed by atoms with Crippen molar-refractivity contribution in [1.29, 1.82) is 0 Å². The van der Waals surface area contributed by atoms with E-state index in [1.165, 1.54) is 12.1 Å². The molecule has 0 amide bonds. The molecule has 4 nitrogen and oxygen atoms in total. The monoisotopic (exact) mass is 358 g/mol. The van der Waals surface area contributed by atoms with Crippen LogP contribution in [-0.2, 0) is 16.6 Å². The number of rotatable bonds is 4. The Hall–Kier alpha value is -1.31. The number of hydrogen-bond donors (Lipinski definition) is 1. The van der Waals surface area contributed by atoms with Gasteiger partial charge in [-0.3, -0.25) is 4.98 Å². The van der Waals surface area contributed by atoms with Gasteiger partial charge in [-0.2, -0.15) is 0 Å². The van der Waals surface area contributed by atoms with Crippen LogP contribution in [0.3, 0.4) is 0 Å². The lowest BCUT2D eigenvalue weighted by Crippen LogP contribution is -2.24.